The lowest BCUT2D eigenvalue weighted by molar-refractivity contribution is -0.123. The third-order valence-electron chi connectivity index (χ3n) is 5.38. The normalized spacial score (nSPS) is 14.4. The molecule has 1 heterocycles. The summed E-state index contributed by atoms with van der Waals surface area (Å²) in [5.41, 5.74) is 4.19. The second-order valence-corrected chi connectivity index (χ2v) is 10.1. The van der Waals surface area contributed by atoms with Crippen molar-refractivity contribution >= 4 is 63.8 Å². The third-order valence-corrected chi connectivity index (χ3v) is 7.03. The van der Waals surface area contributed by atoms with Crippen LogP contribution >= 0.6 is 35.0 Å². The van der Waals surface area contributed by atoms with Crippen molar-refractivity contribution in [2.45, 2.75) is 20.4 Å². The van der Waals surface area contributed by atoms with E-state index in [2.05, 4.69) is 5.32 Å². The lowest BCUT2D eigenvalue weighted by Gasteiger charge is -2.13. The van der Waals surface area contributed by atoms with Crippen molar-refractivity contribution in [1.29, 1.82) is 0 Å². The smallest absolute Gasteiger partial charge is 0.293 e. The zero-order valence-electron chi connectivity index (χ0n) is 19.5. The van der Waals surface area contributed by atoms with Gasteiger partial charge in [0.15, 0.2) is 6.61 Å². The molecule has 9 heteroatoms. The van der Waals surface area contributed by atoms with Gasteiger partial charge in [-0.15, -0.1) is 0 Å². The van der Waals surface area contributed by atoms with Crippen molar-refractivity contribution in [2.75, 3.05) is 11.9 Å². The molecule has 4 rings (SSSR count). The number of nitrogens with zero attached hydrogens (tertiary/aromatic N) is 1. The minimum Gasteiger partial charge on any atom is -0.484 e. The highest BCUT2D eigenvalue weighted by molar-refractivity contribution is 8.18. The average molecular weight is 541 g/mol. The number of hydrogen-bond acceptors (Lipinski definition) is 5. The van der Waals surface area contributed by atoms with Crippen LogP contribution in [0.25, 0.3) is 6.08 Å². The van der Waals surface area contributed by atoms with E-state index in [1.165, 1.54) is 0 Å². The number of imide groups is 1. The lowest BCUT2D eigenvalue weighted by atomic mass is 10.1. The second-order valence-electron chi connectivity index (χ2n) is 8.24. The maximum absolute atomic E-state index is 12.9. The van der Waals surface area contributed by atoms with E-state index in [1.807, 2.05) is 32.0 Å². The fraction of sp³-hybridized carbons (Fsp3) is 0.148. The molecule has 6 nitrogen and oxygen atoms in total. The van der Waals surface area contributed by atoms with Crippen LogP contribution in [-0.2, 0) is 16.1 Å². The van der Waals surface area contributed by atoms with Crippen molar-refractivity contribution in [1.82, 2.24) is 4.90 Å². The van der Waals surface area contributed by atoms with Gasteiger partial charge in [0.25, 0.3) is 17.1 Å². The van der Waals surface area contributed by atoms with Gasteiger partial charge in [-0.2, -0.15) is 0 Å². The first-order valence-corrected chi connectivity index (χ1v) is 12.6. The summed E-state index contributed by atoms with van der Waals surface area (Å²) in [5.74, 6) is -0.208. The number of ether oxygens (including phenoxy) is 1. The molecule has 0 unspecified atom stereocenters. The third kappa shape index (κ3) is 6.29. The lowest BCUT2D eigenvalue weighted by Crippen LogP contribution is -2.27. The zero-order valence-corrected chi connectivity index (χ0v) is 21.8. The number of rotatable bonds is 7. The highest BCUT2D eigenvalue weighted by Gasteiger charge is 2.35. The summed E-state index contributed by atoms with van der Waals surface area (Å²) < 4.78 is 5.64. The predicted molar refractivity (Wildman–Crippen MR) is 144 cm³/mol. The molecule has 184 valence electrons. The molecule has 0 spiro atoms. The van der Waals surface area contributed by atoms with Gasteiger partial charge in [-0.1, -0.05) is 59.1 Å². The molecule has 0 aliphatic carbocycles. The Bertz CT molecular complexity index is 1390. The number of benzene rings is 3. The first kappa shape index (κ1) is 25.8. The monoisotopic (exact) mass is 540 g/mol. The van der Waals surface area contributed by atoms with Crippen LogP contribution in [0.1, 0.15) is 22.3 Å². The molecule has 1 aliphatic rings. The number of amides is 3. The minimum absolute atomic E-state index is 0.0949. The maximum atomic E-state index is 12.9. The second kappa shape index (κ2) is 11.2. The van der Waals surface area contributed by atoms with Crippen LogP contribution in [0.4, 0.5) is 10.5 Å². The predicted octanol–water partition coefficient (Wildman–Crippen LogP) is 6.86. The molecule has 3 aromatic carbocycles. The van der Waals surface area contributed by atoms with Gasteiger partial charge < -0.3 is 10.1 Å². The highest BCUT2D eigenvalue weighted by Crippen LogP contribution is 2.34. The number of carbonyl (C=O) groups is 3. The largest absolute Gasteiger partial charge is 0.484 e. The SMILES string of the molecule is Cc1ccc(NC(=O)COc2cccc(/C=C3\SC(=O)N(Cc4ccc(Cl)c(Cl)c4)C3=O)c2)c(C)c1. The summed E-state index contributed by atoms with van der Waals surface area (Å²) >= 11 is 12.9. The topological polar surface area (TPSA) is 75.7 Å². The van der Waals surface area contributed by atoms with Crippen LogP contribution in [-0.4, -0.2) is 28.6 Å². The summed E-state index contributed by atoms with van der Waals surface area (Å²) in [6.45, 7) is 3.85. The molecule has 1 N–H and O–H groups in total. The molecule has 1 fully saturated rings. The Morgan fingerprint density at radius 1 is 1.03 bits per heavy atom. The number of nitrogens with one attached hydrogen (secondary N) is 1. The van der Waals surface area contributed by atoms with Crippen LogP contribution in [0, 0.1) is 13.8 Å². The van der Waals surface area contributed by atoms with Crippen molar-refractivity contribution < 1.29 is 19.1 Å². The summed E-state index contributed by atoms with van der Waals surface area (Å²) in [7, 11) is 0. The molecular formula is C27H22Cl2N2O4S. The molecule has 3 aromatic rings. The van der Waals surface area contributed by atoms with Crippen LogP contribution in [0.3, 0.4) is 0 Å². The summed E-state index contributed by atoms with van der Waals surface area (Å²) in [4.78, 5) is 39.1. The summed E-state index contributed by atoms with van der Waals surface area (Å²) in [6.07, 6.45) is 1.63. The number of hydrogen-bond donors (Lipinski definition) is 1. The summed E-state index contributed by atoms with van der Waals surface area (Å²) in [6, 6.07) is 17.7. The fourth-order valence-electron chi connectivity index (χ4n) is 3.59. The van der Waals surface area contributed by atoms with Crippen molar-refractivity contribution in [3.05, 3.63) is 97.9 Å². The van der Waals surface area contributed by atoms with E-state index in [0.29, 0.717) is 31.8 Å². The molecule has 0 aromatic heterocycles. The molecule has 0 radical (unpaired) electrons. The van der Waals surface area contributed by atoms with Crippen LogP contribution in [0.2, 0.25) is 10.0 Å². The van der Waals surface area contributed by atoms with E-state index in [1.54, 1.807) is 48.5 Å². The van der Waals surface area contributed by atoms with Gasteiger partial charge in [0, 0.05) is 5.69 Å². The van der Waals surface area contributed by atoms with Gasteiger partial charge in [-0.05, 0) is 78.7 Å². The van der Waals surface area contributed by atoms with E-state index < -0.39 is 5.91 Å². The Labute approximate surface area is 223 Å². The molecule has 0 atom stereocenters. The van der Waals surface area contributed by atoms with Gasteiger partial charge in [-0.25, -0.2) is 0 Å². The molecule has 3 amide bonds. The Morgan fingerprint density at radius 3 is 2.58 bits per heavy atom. The summed E-state index contributed by atoms with van der Waals surface area (Å²) in [5, 5.41) is 3.23. The van der Waals surface area contributed by atoms with Crippen molar-refractivity contribution in [3.8, 4) is 5.75 Å². The van der Waals surface area contributed by atoms with Gasteiger partial charge in [0.05, 0.1) is 21.5 Å². The molecular weight excluding hydrogens is 519 g/mol. The van der Waals surface area contributed by atoms with E-state index in [-0.39, 0.29) is 24.3 Å². The first-order chi connectivity index (χ1) is 17.2. The van der Waals surface area contributed by atoms with E-state index >= 15 is 0 Å². The Hall–Kier alpha value is -3.26. The molecule has 0 saturated carbocycles. The van der Waals surface area contributed by atoms with E-state index in [4.69, 9.17) is 27.9 Å². The van der Waals surface area contributed by atoms with Crippen LogP contribution in [0.15, 0.2) is 65.6 Å². The molecule has 0 bridgehead atoms. The minimum atomic E-state index is -0.393. The standard InChI is InChI=1S/C27H22Cl2N2O4S/c1-16-6-9-23(17(2)10-16)30-25(32)15-35-20-5-3-4-18(11-20)13-24-26(33)31(27(34)36-24)14-19-7-8-21(28)22(29)12-19/h3-13H,14-15H2,1-2H3,(H,30,32)/b24-13-. The number of carbonyl (C=O) groups excluding carboxylic acids is 3. The van der Waals surface area contributed by atoms with E-state index in [0.717, 1.165) is 33.5 Å². The van der Waals surface area contributed by atoms with Crippen LogP contribution in [0.5, 0.6) is 5.75 Å². The molecule has 36 heavy (non-hydrogen) atoms. The Kier molecular flexibility index (Phi) is 8.04. The van der Waals surface area contributed by atoms with Crippen molar-refractivity contribution in [3.63, 3.8) is 0 Å². The average Bonchev–Trinajstić information content (AvgIpc) is 3.09. The number of anilines is 1. The van der Waals surface area contributed by atoms with Gasteiger partial charge >= 0.3 is 0 Å². The van der Waals surface area contributed by atoms with Gasteiger partial charge in [-0.3, -0.25) is 19.3 Å². The van der Waals surface area contributed by atoms with Gasteiger partial charge in [0.1, 0.15) is 5.75 Å². The van der Waals surface area contributed by atoms with Crippen molar-refractivity contribution in [2.24, 2.45) is 0 Å². The van der Waals surface area contributed by atoms with E-state index in [9.17, 15) is 14.4 Å². The van der Waals surface area contributed by atoms with Crippen LogP contribution < -0.4 is 10.1 Å². The Balaban J connectivity index is 1.39. The zero-order chi connectivity index (χ0) is 25.8. The molecule has 1 aliphatic heterocycles. The number of thioether (sulfide) groups is 1. The van der Waals surface area contributed by atoms with Gasteiger partial charge in [0.2, 0.25) is 0 Å². The first-order valence-electron chi connectivity index (χ1n) is 11.0. The fourth-order valence-corrected chi connectivity index (χ4v) is 4.75. The quantitative estimate of drug-likeness (QED) is 0.331. The highest BCUT2D eigenvalue weighted by atomic mass is 35.5. The molecule has 1 saturated heterocycles. The Morgan fingerprint density at radius 2 is 1.83 bits per heavy atom. The number of aryl methyl sites for hydroxylation is 2. The number of halogens is 2. The maximum Gasteiger partial charge on any atom is 0.293 e.